The minimum Gasteiger partial charge on any atom is -0.367 e. The fourth-order valence-electron chi connectivity index (χ4n) is 3.62. The topological polar surface area (TPSA) is 43.9 Å². The number of nitrogens with zero attached hydrogens (tertiary/aromatic N) is 3. The van der Waals surface area contributed by atoms with E-state index in [1.165, 1.54) is 21.8 Å². The van der Waals surface area contributed by atoms with Gasteiger partial charge in [-0.15, -0.1) is 11.3 Å². The smallest absolute Gasteiger partial charge is 0.246 e. The fourth-order valence-corrected chi connectivity index (χ4v) is 4.43. The summed E-state index contributed by atoms with van der Waals surface area (Å²) in [5, 5.41) is 3.42. The van der Waals surface area contributed by atoms with Gasteiger partial charge in [0.2, 0.25) is 11.8 Å². The molecule has 0 atom stereocenters. The summed E-state index contributed by atoms with van der Waals surface area (Å²) in [7, 11) is 0. The van der Waals surface area contributed by atoms with Crippen LogP contribution in [0.2, 0.25) is 0 Å². The number of amides is 2. The Morgan fingerprint density at radius 1 is 1.08 bits per heavy atom. The van der Waals surface area contributed by atoms with Crippen LogP contribution in [0.15, 0.2) is 42.3 Å². The molecule has 1 aromatic carbocycles. The third-order valence-electron chi connectivity index (χ3n) is 5.12. The van der Waals surface area contributed by atoms with Crippen molar-refractivity contribution in [3.63, 3.8) is 0 Å². The van der Waals surface area contributed by atoms with Crippen molar-refractivity contribution < 1.29 is 9.59 Å². The predicted molar refractivity (Wildman–Crippen MR) is 101 cm³/mol. The molecule has 6 heteroatoms. The summed E-state index contributed by atoms with van der Waals surface area (Å²) >= 11 is 1.76. The molecule has 5 nitrogen and oxygen atoms in total. The molecule has 2 aliphatic heterocycles. The molecule has 0 unspecified atom stereocenters. The number of carbonyl (C=O) groups is 2. The van der Waals surface area contributed by atoms with E-state index >= 15 is 0 Å². The fraction of sp³-hybridized carbons (Fsp3) is 0.368. The molecule has 0 aliphatic carbocycles. The second kappa shape index (κ2) is 6.52. The molecule has 0 spiro atoms. The van der Waals surface area contributed by atoms with Crippen molar-refractivity contribution in [3.05, 3.63) is 42.3 Å². The van der Waals surface area contributed by atoms with Crippen LogP contribution in [0.3, 0.4) is 0 Å². The molecule has 4 rings (SSSR count). The maximum atomic E-state index is 12.6. The standard InChI is InChI=1S/C19H21N3O2S/c1-2-18(23)22-12-14(13-22)19(24)21-9-7-20(8-10-21)16-4-3-5-17-15(16)6-11-25-17/h2-6,11,14H,1,7-10,12-13H2. The Kier molecular flexibility index (Phi) is 4.21. The van der Waals surface area contributed by atoms with Gasteiger partial charge in [-0.25, -0.2) is 0 Å². The Morgan fingerprint density at radius 2 is 1.84 bits per heavy atom. The van der Waals surface area contributed by atoms with Gasteiger partial charge in [0.05, 0.1) is 5.92 Å². The molecule has 0 radical (unpaired) electrons. The molecule has 2 amide bonds. The van der Waals surface area contributed by atoms with Crippen LogP contribution < -0.4 is 4.90 Å². The first-order valence-corrected chi connectivity index (χ1v) is 9.46. The van der Waals surface area contributed by atoms with E-state index < -0.39 is 0 Å². The summed E-state index contributed by atoms with van der Waals surface area (Å²) in [6, 6.07) is 8.59. The van der Waals surface area contributed by atoms with Gasteiger partial charge in [-0.1, -0.05) is 12.6 Å². The Morgan fingerprint density at radius 3 is 2.56 bits per heavy atom. The Hall–Kier alpha value is -2.34. The number of thiophene rings is 1. The molecule has 25 heavy (non-hydrogen) atoms. The first-order chi connectivity index (χ1) is 12.2. The van der Waals surface area contributed by atoms with Crippen LogP contribution >= 0.6 is 11.3 Å². The van der Waals surface area contributed by atoms with Gasteiger partial charge in [0.1, 0.15) is 0 Å². The summed E-state index contributed by atoms with van der Waals surface area (Å²) in [6.45, 7) is 7.72. The van der Waals surface area contributed by atoms with Gasteiger partial charge in [0, 0.05) is 55.0 Å². The molecule has 2 aromatic rings. The number of hydrogen-bond donors (Lipinski definition) is 0. The van der Waals surface area contributed by atoms with Crippen molar-refractivity contribution in [2.45, 2.75) is 0 Å². The van der Waals surface area contributed by atoms with E-state index in [1.807, 2.05) is 4.90 Å². The number of fused-ring (bicyclic) bond motifs is 1. The highest BCUT2D eigenvalue weighted by Gasteiger charge is 2.37. The number of hydrogen-bond acceptors (Lipinski definition) is 4. The lowest BCUT2D eigenvalue weighted by Gasteiger charge is -2.43. The van der Waals surface area contributed by atoms with Crippen LogP contribution in [0.1, 0.15) is 0 Å². The van der Waals surface area contributed by atoms with E-state index in [4.69, 9.17) is 0 Å². The van der Waals surface area contributed by atoms with Gasteiger partial charge in [0.25, 0.3) is 0 Å². The highest BCUT2D eigenvalue weighted by atomic mass is 32.1. The van der Waals surface area contributed by atoms with Crippen molar-refractivity contribution in [2.75, 3.05) is 44.2 Å². The van der Waals surface area contributed by atoms with E-state index in [9.17, 15) is 9.59 Å². The lowest BCUT2D eigenvalue weighted by molar-refractivity contribution is -0.146. The summed E-state index contributed by atoms with van der Waals surface area (Å²) in [5.74, 6) is 0.0509. The zero-order valence-electron chi connectivity index (χ0n) is 14.1. The van der Waals surface area contributed by atoms with Crippen LogP contribution in [0.5, 0.6) is 0 Å². The van der Waals surface area contributed by atoms with Crippen molar-refractivity contribution in [3.8, 4) is 0 Å². The molecule has 0 N–H and O–H groups in total. The lowest BCUT2D eigenvalue weighted by Crippen LogP contribution is -2.58. The lowest BCUT2D eigenvalue weighted by atomic mass is 9.98. The van der Waals surface area contributed by atoms with Crippen LogP contribution in [-0.2, 0) is 9.59 Å². The molecule has 2 saturated heterocycles. The quantitative estimate of drug-likeness (QED) is 0.793. The van der Waals surface area contributed by atoms with Gasteiger partial charge in [-0.2, -0.15) is 0 Å². The third kappa shape index (κ3) is 2.91. The van der Waals surface area contributed by atoms with Gasteiger partial charge >= 0.3 is 0 Å². The number of anilines is 1. The van der Waals surface area contributed by atoms with E-state index in [2.05, 4.69) is 41.1 Å². The molecular weight excluding hydrogens is 334 g/mol. The second-order valence-corrected chi connectivity index (χ2v) is 7.51. The van der Waals surface area contributed by atoms with Crippen LogP contribution in [-0.4, -0.2) is 60.9 Å². The van der Waals surface area contributed by atoms with Crippen molar-refractivity contribution >= 4 is 38.9 Å². The average Bonchev–Trinajstić information content (AvgIpc) is 3.09. The first kappa shape index (κ1) is 16.1. The second-order valence-electron chi connectivity index (χ2n) is 6.57. The molecule has 1 aromatic heterocycles. The van der Waals surface area contributed by atoms with Crippen molar-refractivity contribution in [1.82, 2.24) is 9.80 Å². The van der Waals surface area contributed by atoms with Gasteiger partial charge in [-0.05, 0) is 29.7 Å². The Bertz CT molecular complexity index is 817. The minimum absolute atomic E-state index is 0.0456. The average molecular weight is 355 g/mol. The van der Waals surface area contributed by atoms with Crippen molar-refractivity contribution in [2.24, 2.45) is 5.92 Å². The zero-order valence-corrected chi connectivity index (χ0v) is 14.9. The molecule has 0 bridgehead atoms. The zero-order chi connectivity index (χ0) is 17.4. The molecule has 0 saturated carbocycles. The summed E-state index contributed by atoms with van der Waals surface area (Å²) in [5.41, 5.74) is 1.26. The monoisotopic (exact) mass is 355 g/mol. The third-order valence-corrected chi connectivity index (χ3v) is 6.00. The predicted octanol–water partition coefficient (Wildman–Crippen LogP) is 2.19. The maximum Gasteiger partial charge on any atom is 0.246 e. The van der Waals surface area contributed by atoms with E-state index in [0.717, 1.165) is 26.2 Å². The van der Waals surface area contributed by atoms with Crippen LogP contribution in [0.4, 0.5) is 5.69 Å². The molecule has 3 heterocycles. The summed E-state index contributed by atoms with van der Waals surface area (Å²) in [6.07, 6.45) is 1.31. The Balaban J connectivity index is 1.36. The van der Waals surface area contributed by atoms with Crippen LogP contribution in [0.25, 0.3) is 10.1 Å². The van der Waals surface area contributed by atoms with Crippen LogP contribution in [0, 0.1) is 5.92 Å². The Labute approximate surface area is 151 Å². The number of carbonyl (C=O) groups excluding carboxylic acids is 2. The summed E-state index contributed by atoms with van der Waals surface area (Å²) in [4.78, 5) is 30.1. The SMILES string of the molecule is C=CC(=O)N1CC(C(=O)N2CCN(c3cccc4sccc34)CC2)C1. The number of piperazine rings is 1. The normalized spacial score (nSPS) is 18.3. The van der Waals surface area contributed by atoms with Crippen molar-refractivity contribution in [1.29, 1.82) is 0 Å². The highest BCUT2D eigenvalue weighted by molar-refractivity contribution is 7.17. The van der Waals surface area contributed by atoms with Gasteiger partial charge < -0.3 is 14.7 Å². The van der Waals surface area contributed by atoms with E-state index in [0.29, 0.717) is 13.1 Å². The van der Waals surface area contributed by atoms with E-state index in [-0.39, 0.29) is 17.7 Å². The minimum atomic E-state index is -0.0854. The van der Waals surface area contributed by atoms with Gasteiger partial charge in [0.15, 0.2) is 0 Å². The van der Waals surface area contributed by atoms with E-state index in [1.54, 1.807) is 16.2 Å². The maximum absolute atomic E-state index is 12.6. The number of benzene rings is 1. The highest BCUT2D eigenvalue weighted by Crippen LogP contribution is 2.31. The van der Waals surface area contributed by atoms with Gasteiger partial charge in [-0.3, -0.25) is 9.59 Å². The molecule has 2 aliphatic rings. The molecule has 130 valence electrons. The largest absolute Gasteiger partial charge is 0.367 e. The molecule has 2 fully saturated rings. The number of rotatable bonds is 3. The molecular formula is C19H21N3O2S. The first-order valence-electron chi connectivity index (χ1n) is 8.58. The summed E-state index contributed by atoms with van der Waals surface area (Å²) < 4.78 is 1.30. The number of likely N-dealkylation sites (tertiary alicyclic amines) is 1.